The summed E-state index contributed by atoms with van der Waals surface area (Å²) in [5, 5.41) is 17.7. The van der Waals surface area contributed by atoms with Crippen molar-refractivity contribution in [2.45, 2.75) is 32.6 Å². The Bertz CT molecular complexity index is 1010. The van der Waals surface area contributed by atoms with Gasteiger partial charge in [0.25, 0.3) is 0 Å². The van der Waals surface area contributed by atoms with Crippen LogP contribution in [0.3, 0.4) is 0 Å². The molecule has 0 radical (unpaired) electrons. The molecule has 144 valence electrons. The number of rotatable bonds is 5. The number of anilines is 1. The van der Waals surface area contributed by atoms with E-state index >= 15 is 0 Å². The Balaban J connectivity index is 1.32. The molecule has 4 rings (SSSR count). The highest BCUT2D eigenvalue weighted by atomic mass is 16.2. The number of hydrogen-bond acceptors (Lipinski definition) is 6. The average molecular weight is 378 g/mol. The van der Waals surface area contributed by atoms with Crippen molar-refractivity contribution in [3.05, 3.63) is 47.0 Å². The lowest BCUT2D eigenvalue weighted by molar-refractivity contribution is 0.252. The van der Waals surface area contributed by atoms with Gasteiger partial charge in [0.1, 0.15) is 5.82 Å². The third-order valence-electron chi connectivity index (χ3n) is 4.71. The zero-order valence-electron chi connectivity index (χ0n) is 15.9. The predicted octanol–water partition coefficient (Wildman–Crippen LogP) is 1.83. The van der Waals surface area contributed by atoms with Crippen molar-refractivity contribution in [3.8, 4) is 11.4 Å². The van der Waals surface area contributed by atoms with Crippen molar-refractivity contribution in [1.82, 2.24) is 35.5 Å². The van der Waals surface area contributed by atoms with Crippen LogP contribution in [0.2, 0.25) is 0 Å². The van der Waals surface area contributed by atoms with Crippen molar-refractivity contribution in [2.24, 2.45) is 7.05 Å². The number of tetrazole rings is 1. The molecule has 0 fully saturated rings. The summed E-state index contributed by atoms with van der Waals surface area (Å²) in [6.07, 6.45) is 3.85. The van der Waals surface area contributed by atoms with Crippen LogP contribution >= 0.6 is 0 Å². The SMILES string of the molecule is Cc1nc(CCNC(=O)Nc2cccc(-c3nnn(C)n3)c2)nc2c1CCC2. The summed E-state index contributed by atoms with van der Waals surface area (Å²) >= 11 is 0. The van der Waals surface area contributed by atoms with E-state index in [-0.39, 0.29) is 6.03 Å². The third kappa shape index (κ3) is 3.98. The Labute approximate surface area is 162 Å². The number of nitrogens with one attached hydrogen (secondary N) is 2. The van der Waals surface area contributed by atoms with Crippen LogP contribution < -0.4 is 10.6 Å². The van der Waals surface area contributed by atoms with Crippen LogP contribution in [0.1, 0.15) is 29.2 Å². The first-order chi connectivity index (χ1) is 13.6. The van der Waals surface area contributed by atoms with Crippen LogP contribution in [0.25, 0.3) is 11.4 Å². The van der Waals surface area contributed by atoms with Gasteiger partial charge in [-0.15, -0.1) is 10.2 Å². The van der Waals surface area contributed by atoms with Gasteiger partial charge in [-0.3, -0.25) is 0 Å². The molecule has 0 aliphatic heterocycles. The second-order valence-electron chi connectivity index (χ2n) is 6.82. The number of nitrogens with zero attached hydrogens (tertiary/aromatic N) is 6. The summed E-state index contributed by atoms with van der Waals surface area (Å²) in [5.74, 6) is 1.30. The molecule has 2 aromatic heterocycles. The van der Waals surface area contributed by atoms with Gasteiger partial charge in [0, 0.05) is 35.6 Å². The molecule has 2 amide bonds. The molecule has 0 saturated heterocycles. The lowest BCUT2D eigenvalue weighted by Crippen LogP contribution is -2.30. The molecule has 2 heterocycles. The Kier molecular flexibility index (Phi) is 4.96. The maximum Gasteiger partial charge on any atom is 0.319 e. The van der Waals surface area contributed by atoms with Gasteiger partial charge in [-0.25, -0.2) is 14.8 Å². The number of aryl methyl sites for hydroxylation is 3. The molecule has 9 nitrogen and oxygen atoms in total. The maximum atomic E-state index is 12.2. The molecule has 9 heteroatoms. The summed E-state index contributed by atoms with van der Waals surface area (Å²) in [6.45, 7) is 2.50. The van der Waals surface area contributed by atoms with Crippen molar-refractivity contribution in [3.63, 3.8) is 0 Å². The number of fused-ring (bicyclic) bond motifs is 1. The highest BCUT2D eigenvalue weighted by Crippen LogP contribution is 2.22. The number of carbonyl (C=O) groups excluding carboxylic acids is 1. The lowest BCUT2D eigenvalue weighted by Gasteiger charge is -2.09. The summed E-state index contributed by atoms with van der Waals surface area (Å²) in [5.41, 5.74) is 4.98. The lowest BCUT2D eigenvalue weighted by atomic mass is 10.2. The molecule has 2 N–H and O–H groups in total. The fourth-order valence-corrected chi connectivity index (χ4v) is 3.39. The molecule has 0 saturated carbocycles. The molecule has 1 aliphatic carbocycles. The average Bonchev–Trinajstić information content (AvgIpc) is 3.31. The van der Waals surface area contributed by atoms with E-state index in [0.717, 1.165) is 36.3 Å². The van der Waals surface area contributed by atoms with Gasteiger partial charge in [-0.2, -0.15) is 4.80 Å². The monoisotopic (exact) mass is 378 g/mol. The van der Waals surface area contributed by atoms with E-state index in [4.69, 9.17) is 0 Å². The number of urea groups is 1. The quantitative estimate of drug-likeness (QED) is 0.701. The fourth-order valence-electron chi connectivity index (χ4n) is 3.39. The standard InChI is InChI=1S/C19H22N8O/c1-12-15-7-4-8-16(15)23-17(21-12)9-10-20-19(28)22-14-6-3-5-13(11-14)18-24-26-27(2)25-18/h3,5-6,11H,4,7-10H2,1-2H3,(H2,20,22,28). The molecule has 1 aliphatic rings. The summed E-state index contributed by atoms with van der Waals surface area (Å²) in [7, 11) is 1.71. The van der Waals surface area contributed by atoms with E-state index in [1.54, 1.807) is 7.05 Å². The predicted molar refractivity (Wildman–Crippen MR) is 104 cm³/mol. The number of amides is 2. The second-order valence-corrected chi connectivity index (χ2v) is 6.82. The van der Waals surface area contributed by atoms with Gasteiger partial charge >= 0.3 is 6.03 Å². The molecular weight excluding hydrogens is 356 g/mol. The normalized spacial score (nSPS) is 12.6. The van der Waals surface area contributed by atoms with E-state index in [0.29, 0.717) is 24.5 Å². The largest absolute Gasteiger partial charge is 0.337 e. The first-order valence-electron chi connectivity index (χ1n) is 9.33. The molecule has 3 aromatic rings. The van der Waals surface area contributed by atoms with Gasteiger partial charge < -0.3 is 10.6 Å². The number of carbonyl (C=O) groups is 1. The van der Waals surface area contributed by atoms with Gasteiger partial charge in [0.05, 0.1) is 7.05 Å². The van der Waals surface area contributed by atoms with Crippen molar-refractivity contribution in [1.29, 1.82) is 0 Å². The Morgan fingerprint density at radius 3 is 2.96 bits per heavy atom. The zero-order chi connectivity index (χ0) is 19.5. The number of aromatic nitrogens is 6. The first-order valence-corrected chi connectivity index (χ1v) is 9.33. The van der Waals surface area contributed by atoms with Crippen LogP contribution in [-0.2, 0) is 26.3 Å². The zero-order valence-corrected chi connectivity index (χ0v) is 15.9. The van der Waals surface area contributed by atoms with E-state index in [1.807, 2.05) is 31.2 Å². The van der Waals surface area contributed by atoms with Crippen molar-refractivity contribution < 1.29 is 4.79 Å². The van der Waals surface area contributed by atoms with Crippen molar-refractivity contribution >= 4 is 11.7 Å². The van der Waals surface area contributed by atoms with Crippen LogP contribution in [0, 0.1) is 6.92 Å². The first kappa shape index (κ1) is 18.0. The van der Waals surface area contributed by atoms with E-state index < -0.39 is 0 Å². The summed E-state index contributed by atoms with van der Waals surface area (Å²) < 4.78 is 0. The minimum Gasteiger partial charge on any atom is -0.337 e. The van der Waals surface area contributed by atoms with Crippen molar-refractivity contribution in [2.75, 3.05) is 11.9 Å². The Morgan fingerprint density at radius 2 is 2.14 bits per heavy atom. The molecule has 1 aromatic carbocycles. The minimum absolute atomic E-state index is 0.276. The van der Waals surface area contributed by atoms with Gasteiger partial charge in [0.15, 0.2) is 0 Å². The highest BCUT2D eigenvalue weighted by molar-refractivity contribution is 5.89. The maximum absolute atomic E-state index is 12.2. The van der Waals surface area contributed by atoms with E-state index in [1.165, 1.54) is 16.1 Å². The van der Waals surface area contributed by atoms with Gasteiger partial charge in [0.2, 0.25) is 5.82 Å². The topological polar surface area (TPSA) is 111 Å². The molecule has 0 unspecified atom stereocenters. The summed E-state index contributed by atoms with van der Waals surface area (Å²) in [4.78, 5) is 22.8. The highest BCUT2D eigenvalue weighted by Gasteiger charge is 2.16. The van der Waals surface area contributed by atoms with E-state index in [2.05, 4.69) is 36.0 Å². The molecule has 0 bridgehead atoms. The van der Waals surface area contributed by atoms with E-state index in [9.17, 15) is 4.79 Å². The number of benzene rings is 1. The van der Waals surface area contributed by atoms with Crippen LogP contribution in [0.5, 0.6) is 0 Å². The minimum atomic E-state index is -0.276. The fraction of sp³-hybridized carbons (Fsp3) is 0.368. The summed E-state index contributed by atoms with van der Waals surface area (Å²) in [6, 6.07) is 7.05. The number of hydrogen-bond donors (Lipinski definition) is 2. The molecule has 0 spiro atoms. The molecular formula is C19H22N8O. The molecule has 0 atom stereocenters. The van der Waals surface area contributed by atoms with Gasteiger partial charge in [-0.05, 0) is 49.1 Å². The van der Waals surface area contributed by atoms with Crippen LogP contribution in [0.15, 0.2) is 24.3 Å². The van der Waals surface area contributed by atoms with Crippen LogP contribution in [0.4, 0.5) is 10.5 Å². The van der Waals surface area contributed by atoms with Gasteiger partial charge in [-0.1, -0.05) is 12.1 Å². The molecule has 28 heavy (non-hydrogen) atoms. The Hall–Kier alpha value is -3.36. The Morgan fingerprint density at radius 1 is 1.25 bits per heavy atom. The second kappa shape index (κ2) is 7.71. The third-order valence-corrected chi connectivity index (χ3v) is 4.71. The van der Waals surface area contributed by atoms with Crippen LogP contribution in [-0.4, -0.2) is 42.8 Å². The smallest absolute Gasteiger partial charge is 0.319 e.